The fourth-order valence-electron chi connectivity index (χ4n) is 1.73. The lowest BCUT2D eigenvalue weighted by atomic mass is 10.2. The van der Waals surface area contributed by atoms with Crippen LogP contribution in [0.1, 0.15) is 46.0 Å². The molecule has 0 atom stereocenters. The van der Waals surface area contributed by atoms with Gasteiger partial charge in [-0.1, -0.05) is 44.7 Å². The molecule has 0 saturated carbocycles. The van der Waals surface area contributed by atoms with Crippen LogP contribution in [-0.4, -0.2) is 16.3 Å². The minimum atomic E-state index is -0.211. The molecule has 1 rings (SSSR count). The van der Waals surface area contributed by atoms with Crippen molar-refractivity contribution >= 4 is 17.3 Å². The molecule has 0 bridgehead atoms. The first-order chi connectivity index (χ1) is 8.70. The van der Waals surface area contributed by atoms with Crippen LogP contribution < -0.4 is 10.9 Å². The molecule has 1 aromatic rings. The first-order valence-corrected chi connectivity index (χ1v) is 7.08. The highest BCUT2D eigenvalue weighted by Gasteiger charge is 2.07. The molecule has 0 aliphatic heterocycles. The van der Waals surface area contributed by atoms with Gasteiger partial charge in [-0.05, 0) is 12.8 Å². The minimum Gasteiger partial charge on any atom is -0.382 e. The van der Waals surface area contributed by atoms with Crippen LogP contribution in [0.2, 0.25) is 5.02 Å². The minimum absolute atomic E-state index is 0.211. The van der Waals surface area contributed by atoms with Crippen molar-refractivity contribution in [1.82, 2.24) is 9.78 Å². The Morgan fingerprint density at radius 3 is 2.72 bits per heavy atom. The lowest BCUT2D eigenvalue weighted by molar-refractivity contribution is 0.568. The average Bonchev–Trinajstić information content (AvgIpc) is 2.37. The summed E-state index contributed by atoms with van der Waals surface area (Å²) in [5.41, 5.74) is 0.433. The number of unbranched alkanes of at least 4 members (excludes halogenated alkanes) is 3. The molecule has 4 nitrogen and oxygen atoms in total. The van der Waals surface area contributed by atoms with Crippen LogP contribution in [0.5, 0.6) is 0 Å². The molecule has 1 N–H and O–H groups in total. The monoisotopic (exact) mass is 271 g/mol. The van der Waals surface area contributed by atoms with Gasteiger partial charge in [0.2, 0.25) is 0 Å². The molecule has 1 aromatic heterocycles. The normalized spacial score (nSPS) is 10.6. The van der Waals surface area contributed by atoms with Gasteiger partial charge in [-0.15, -0.1) is 0 Å². The molecule has 0 amide bonds. The van der Waals surface area contributed by atoms with E-state index in [2.05, 4.69) is 17.3 Å². The van der Waals surface area contributed by atoms with Crippen molar-refractivity contribution in [1.29, 1.82) is 0 Å². The summed E-state index contributed by atoms with van der Waals surface area (Å²) in [4.78, 5) is 11.8. The smallest absolute Gasteiger partial charge is 0.287 e. The number of anilines is 1. The highest BCUT2D eigenvalue weighted by atomic mass is 35.5. The van der Waals surface area contributed by atoms with Gasteiger partial charge in [0.25, 0.3) is 5.56 Å². The van der Waals surface area contributed by atoms with Gasteiger partial charge in [-0.3, -0.25) is 4.79 Å². The summed E-state index contributed by atoms with van der Waals surface area (Å²) < 4.78 is 1.41. The molecule has 0 aliphatic rings. The maximum Gasteiger partial charge on any atom is 0.287 e. The summed E-state index contributed by atoms with van der Waals surface area (Å²) in [5, 5.41) is 7.52. The Labute approximate surface area is 113 Å². The number of halogens is 1. The zero-order chi connectivity index (χ0) is 13.4. The Kier molecular flexibility index (Phi) is 6.80. The number of rotatable bonds is 8. The largest absolute Gasteiger partial charge is 0.382 e. The predicted octanol–water partition coefficient (Wildman–Crippen LogP) is 3.30. The molecule has 18 heavy (non-hydrogen) atoms. The van der Waals surface area contributed by atoms with Crippen molar-refractivity contribution in [2.24, 2.45) is 0 Å². The van der Waals surface area contributed by atoms with Crippen molar-refractivity contribution in [3.8, 4) is 0 Å². The molecule has 5 heteroatoms. The third-order valence-electron chi connectivity index (χ3n) is 2.77. The maximum atomic E-state index is 11.8. The summed E-state index contributed by atoms with van der Waals surface area (Å²) in [6.45, 7) is 5.62. The number of hydrogen-bond donors (Lipinski definition) is 1. The number of hydrogen-bond acceptors (Lipinski definition) is 3. The van der Waals surface area contributed by atoms with Gasteiger partial charge in [-0.2, -0.15) is 5.10 Å². The molecule has 1 heterocycles. The Bertz CT molecular complexity index is 417. The molecule has 0 radical (unpaired) electrons. The van der Waals surface area contributed by atoms with Gasteiger partial charge < -0.3 is 5.32 Å². The zero-order valence-corrected chi connectivity index (χ0v) is 12.0. The molecule has 0 saturated heterocycles. The second kappa shape index (κ2) is 8.14. The van der Waals surface area contributed by atoms with Gasteiger partial charge >= 0.3 is 0 Å². The van der Waals surface area contributed by atoms with Crippen molar-refractivity contribution in [3.05, 3.63) is 21.6 Å². The highest BCUT2D eigenvalue weighted by molar-refractivity contribution is 6.32. The van der Waals surface area contributed by atoms with Gasteiger partial charge in [0.15, 0.2) is 0 Å². The van der Waals surface area contributed by atoms with E-state index in [0.29, 0.717) is 12.2 Å². The van der Waals surface area contributed by atoms with Crippen molar-refractivity contribution in [2.75, 3.05) is 11.9 Å². The molecule has 0 aliphatic carbocycles. The Morgan fingerprint density at radius 1 is 1.28 bits per heavy atom. The summed E-state index contributed by atoms with van der Waals surface area (Å²) in [6, 6.07) is 0. The second-order valence-electron chi connectivity index (χ2n) is 4.39. The van der Waals surface area contributed by atoms with E-state index >= 15 is 0 Å². The molecule has 0 unspecified atom stereocenters. The third-order valence-corrected chi connectivity index (χ3v) is 3.13. The van der Waals surface area contributed by atoms with E-state index in [4.69, 9.17) is 11.6 Å². The molecule has 0 aromatic carbocycles. The summed E-state index contributed by atoms with van der Waals surface area (Å²) >= 11 is 6.04. The number of nitrogens with zero attached hydrogens (tertiary/aromatic N) is 2. The predicted molar refractivity (Wildman–Crippen MR) is 76.4 cm³/mol. The molecule has 0 spiro atoms. The van der Waals surface area contributed by atoms with Gasteiger partial charge in [0.1, 0.15) is 5.02 Å². The van der Waals surface area contributed by atoms with Crippen LogP contribution >= 0.6 is 11.6 Å². The van der Waals surface area contributed by atoms with Crippen LogP contribution in [0.15, 0.2) is 11.0 Å². The number of aryl methyl sites for hydroxylation is 1. The van der Waals surface area contributed by atoms with Crippen LogP contribution in [0.3, 0.4) is 0 Å². The quantitative estimate of drug-likeness (QED) is 0.738. The lowest BCUT2D eigenvalue weighted by Gasteiger charge is -2.09. The molecular formula is C13H22ClN3O. The second-order valence-corrected chi connectivity index (χ2v) is 4.77. The fraction of sp³-hybridized carbons (Fsp3) is 0.692. The fourth-order valence-corrected chi connectivity index (χ4v) is 1.95. The van der Waals surface area contributed by atoms with E-state index in [-0.39, 0.29) is 10.6 Å². The van der Waals surface area contributed by atoms with Crippen molar-refractivity contribution in [2.45, 2.75) is 52.5 Å². The zero-order valence-electron chi connectivity index (χ0n) is 11.2. The molecule has 102 valence electrons. The van der Waals surface area contributed by atoms with Crippen molar-refractivity contribution in [3.63, 3.8) is 0 Å². The Morgan fingerprint density at radius 2 is 2.06 bits per heavy atom. The van der Waals surface area contributed by atoms with E-state index in [1.165, 1.54) is 23.9 Å². The van der Waals surface area contributed by atoms with Gasteiger partial charge in [0, 0.05) is 13.1 Å². The number of nitrogens with one attached hydrogen (secondary N) is 1. The Balaban J connectivity index is 2.57. The van der Waals surface area contributed by atoms with E-state index in [9.17, 15) is 4.79 Å². The first kappa shape index (κ1) is 15.0. The van der Waals surface area contributed by atoms with Gasteiger partial charge in [0.05, 0.1) is 11.9 Å². The summed E-state index contributed by atoms with van der Waals surface area (Å²) in [5.74, 6) is 0. The van der Waals surface area contributed by atoms with Crippen LogP contribution in [0.4, 0.5) is 5.69 Å². The SMILES string of the molecule is CCCCCCNc1cnn(CCC)c(=O)c1Cl. The Hall–Kier alpha value is -1.03. The average molecular weight is 272 g/mol. The lowest BCUT2D eigenvalue weighted by Crippen LogP contribution is -2.24. The van der Waals surface area contributed by atoms with E-state index in [1.54, 1.807) is 6.20 Å². The molecule has 0 fully saturated rings. The van der Waals surface area contributed by atoms with E-state index < -0.39 is 0 Å². The van der Waals surface area contributed by atoms with Gasteiger partial charge in [-0.25, -0.2) is 4.68 Å². The van der Waals surface area contributed by atoms with Crippen LogP contribution in [0, 0.1) is 0 Å². The maximum absolute atomic E-state index is 11.8. The topological polar surface area (TPSA) is 46.9 Å². The summed E-state index contributed by atoms with van der Waals surface area (Å²) in [7, 11) is 0. The number of aromatic nitrogens is 2. The van der Waals surface area contributed by atoms with Crippen molar-refractivity contribution < 1.29 is 0 Å². The van der Waals surface area contributed by atoms with E-state index in [1.807, 2.05) is 6.92 Å². The molecular weight excluding hydrogens is 250 g/mol. The highest BCUT2D eigenvalue weighted by Crippen LogP contribution is 2.15. The third kappa shape index (κ3) is 4.33. The van der Waals surface area contributed by atoms with Crippen LogP contribution in [0.25, 0.3) is 0 Å². The standard InChI is InChI=1S/C13H22ClN3O/c1-3-5-6-7-8-15-11-10-16-17(9-4-2)13(18)12(11)14/h10,15H,3-9H2,1-2H3. The first-order valence-electron chi connectivity index (χ1n) is 6.70. The summed E-state index contributed by atoms with van der Waals surface area (Å²) in [6.07, 6.45) is 7.25. The van der Waals surface area contributed by atoms with Crippen LogP contribution in [-0.2, 0) is 6.54 Å². The van der Waals surface area contributed by atoms with E-state index in [0.717, 1.165) is 19.4 Å².